The number of aliphatic hydroxyl groups excluding tert-OH is 1. The highest BCUT2D eigenvalue weighted by atomic mass is 32.2. The number of carbonyl (C=O) groups excluding carboxylic acids is 1. The van der Waals surface area contributed by atoms with Crippen LogP contribution in [0.25, 0.3) is 0 Å². The molecular weight excluding hydrogens is 430 g/mol. The minimum absolute atomic E-state index is 0.206. The number of hydrogen-bond donors (Lipinski definition) is 3. The summed E-state index contributed by atoms with van der Waals surface area (Å²) in [7, 11) is 1.36. The van der Waals surface area contributed by atoms with E-state index in [4.69, 9.17) is 10.8 Å². The second-order valence-corrected chi connectivity index (χ2v) is 8.74. The molecule has 0 aliphatic heterocycles. The summed E-state index contributed by atoms with van der Waals surface area (Å²) >= 11 is 1.32. The molecule has 0 aromatic rings. The van der Waals surface area contributed by atoms with E-state index >= 15 is 0 Å². The van der Waals surface area contributed by atoms with Crippen molar-refractivity contribution < 1.29 is 24.5 Å². The molecular formula is C25H41NO5S. The van der Waals surface area contributed by atoms with E-state index in [1.165, 1.54) is 38.1 Å². The van der Waals surface area contributed by atoms with Crippen molar-refractivity contribution in [3.8, 4) is 0 Å². The Morgan fingerprint density at radius 2 is 1.78 bits per heavy atom. The Labute approximate surface area is 197 Å². The molecule has 0 unspecified atom stereocenters. The lowest BCUT2D eigenvalue weighted by molar-refractivity contribution is -0.141. The van der Waals surface area contributed by atoms with Crippen molar-refractivity contribution in [1.82, 2.24) is 0 Å². The predicted molar refractivity (Wildman–Crippen MR) is 134 cm³/mol. The number of carbonyl (C=O) groups is 2. The third-order valence-electron chi connectivity index (χ3n) is 4.71. The van der Waals surface area contributed by atoms with Crippen LogP contribution in [-0.4, -0.2) is 52.4 Å². The fourth-order valence-electron chi connectivity index (χ4n) is 2.73. The number of aliphatic hydroxyl groups is 1. The molecule has 0 aromatic heterocycles. The van der Waals surface area contributed by atoms with Crippen LogP contribution in [-0.2, 0) is 14.3 Å². The number of methoxy groups -OCH3 is 1. The van der Waals surface area contributed by atoms with Crippen molar-refractivity contribution in [1.29, 1.82) is 0 Å². The number of ether oxygens (including phenoxy) is 1. The average molecular weight is 472 g/mol. The molecule has 0 spiro atoms. The molecule has 0 amide bonds. The molecule has 6 nitrogen and oxygen atoms in total. The normalized spacial score (nSPS) is 15.1. The molecule has 0 fully saturated rings. The summed E-state index contributed by atoms with van der Waals surface area (Å²) in [5.74, 6) is -1.11. The van der Waals surface area contributed by atoms with Gasteiger partial charge in [-0.05, 0) is 32.1 Å². The fraction of sp³-hybridized carbons (Fsp3) is 0.600. The van der Waals surface area contributed by atoms with Gasteiger partial charge in [0.2, 0.25) is 0 Å². The molecule has 32 heavy (non-hydrogen) atoms. The first-order valence-corrected chi connectivity index (χ1v) is 12.5. The Hall–Kier alpha value is -1.83. The van der Waals surface area contributed by atoms with Crippen molar-refractivity contribution in [2.45, 2.75) is 82.1 Å². The summed E-state index contributed by atoms with van der Waals surface area (Å²) in [6, 6.07) is -0.976. The van der Waals surface area contributed by atoms with Crippen LogP contribution >= 0.6 is 11.8 Å². The minimum atomic E-state index is -1.06. The van der Waals surface area contributed by atoms with Gasteiger partial charge < -0.3 is 20.7 Å². The zero-order valence-corrected chi connectivity index (χ0v) is 20.3. The molecule has 4 N–H and O–H groups in total. The van der Waals surface area contributed by atoms with Gasteiger partial charge in [0.05, 0.1) is 13.2 Å². The Balaban J connectivity index is 4.54. The van der Waals surface area contributed by atoms with Crippen LogP contribution < -0.4 is 5.73 Å². The third-order valence-corrected chi connectivity index (χ3v) is 6.11. The first-order chi connectivity index (χ1) is 15.4. The summed E-state index contributed by atoms with van der Waals surface area (Å²) in [5.41, 5.74) is 5.60. The number of carboxylic acid groups (broad SMARTS) is 1. The number of thioether (sulfide) groups is 1. The molecule has 0 aliphatic carbocycles. The van der Waals surface area contributed by atoms with E-state index in [-0.39, 0.29) is 17.0 Å². The summed E-state index contributed by atoms with van der Waals surface area (Å²) in [6.07, 6.45) is 23.3. The maximum atomic E-state index is 11.2. The maximum Gasteiger partial charge on any atom is 0.321 e. The van der Waals surface area contributed by atoms with Gasteiger partial charge in [-0.2, -0.15) is 0 Å². The van der Waals surface area contributed by atoms with E-state index in [1.807, 2.05) is 30.4 Å². The van der Waals surface area contributed by atoms with Gasteiger partial charge in [0.15, 0.2) is 0 Å². The molecule has 0 aromatic carbocycles. The number of aliphatic carboxylic acids is 1. The smallest absolute Gasteiger partial charge is 0.321 e. The van der Waals surface area contributed by atoms with Gasteiger partial charge in [-0.15, -0.1) is 11.8 Å². The molecule has 3 atom stereocenters. The lowest BCUT2D eigenvalue weighted by Gasteiger charge is -2.20. The van der Waals surface area contributed by atoms with Gasteiger partial charge in [-0.3, -0.25) is 9.59 Å². The summed E-state index contributed by atoms with van der Waals surface area (Å²) < 4.78 is 4.62. The molecule has 182 valence electrons. The van der Waals surface area contributed by atoms with Crippen molar-refractivity contribution >= 4 is 23.7 Å². The second kappa shape index (κ2) is 21.0. The van der Waals surface area contributed by atoms with Crippen LogP contribution in [0, 0.1) is 0 Å². The SMILES string of the molecule is CCCCC/C=C/C\C=C/C=C/C=C/[C@@H](S[13CH2][13C@@H]([15NH2])[13C](=O)O)[C@@H](O)CCCCC(=O)OC. The quantitative estimate of drug-likeness (QED) is 0.0620. The molecule has 0 rings (SSSR count). The van der Waals surface area contributed by atoms with E-state index in [0.29, 0.717) is 25.7 Å². The van der Waals surface area contributed by atoms with E-state index in [2.05, 4.69) is 29.9 Å². The molecule has 7 heteroatoms. The standard InChI is InChI=1S/C25H41NO5S/c1-3-4-5-6-7-8-9-10-11-12-13-14-18-23(32-20-21(26)25(29)30)22(27)17-15-16-19-24(28)31-2/h7-8,10-14,18,21-23,27H,3-6,9,15-17,19-20,26H2,1-2H3,(H,29,30)/b8-7+,11-10-,13-12+,18-14+/t21-,22+,23-/m1/s1/i20+1,21+1,25+1,26+1. The predicted octanol–water partition coefficient (Wildman–Crippen LogP) is 4.79. The van der Waals surface area contributed by atoms with Crippen LogP contribution in [0.15, 0.2) is 48.6 Å². The molecule has 0 heterocycles. The topological polar surface area (TPSA) is 110 Å². The largest absolute Gasteiger partial charge is 0.480 e. The fourth-order valence-corrected chi connectivity index (χ4v) is 3.87. The van der Waals surface area contributed by atoms with Gasteiger partial charge in [0.1, 0.15) is 6.04 Å². The van der Waals surface area contributed by atoms with Crippen LogP contribution in [0.4, 0.5) is 0 Å². The average Bonchev–Trinajstić information content (AvgIpc) is 2.78. The van der Waals surface area contributed by atoms with Crippen LogP contribution in [0.1, 0.15) is 64.7 Å². The van der Waals surface area contributed by atoms with Crippen LogP contribution in [0.5, 0.6) is 0 Å². The molecule has 0 saturated carbocycles. The highest BCUT2D eigenvalue weighted by Crippen LogP contribution is 2.21. The molecule has 0 saturated heterocycles. The van der Waals surface area contributed by atoms with Gasteiger partial charge in [0, 0.05) is 17.4 Å². The van der Waals surface area contributed by atoms with E-state index in [0.717, 1.165) is 12.8 Å². The summed E-state index contributed by atoms with van der Waals surface area (Å²) in [4.78, 5) is 22.2. The Morgan fingerprint density at radius 1 is 1.03 bits per heavy atom. The number of esters is 1. The molecule has 0 aliphatic rings. The number of allylic oxidation sites excluding steroid dienone is 7. The number of rotatable bonds is 19. The Bertz CT molecular complexity index is 615. The maximum absolute atomic E-state index is 11.2. The Morgan fingerprint density at radius 3 is 2.47 bits per heavy atom. The second-order valence-electron chi connectivity index (χ2n) is 7.53. The van der Waals surface area contributed by atoms with E-state index in [9.17, 15) is 14.7 Å². The van der Waals surface area contributed by atoms with E-state index in [1.54, 1.807) is 0 Å². The van der Waals surface area contributed by atoms with Crippen LogP contribution in [0.3, 0.4) is 0 Å². The van der Waals surface area contributed by atoms with E-state index < -0.39 is 18.1 Å². The summed E-state index contributed by atoms with van der Waals surface area (Å²) in [5, 5.41) is 19.2. The number of carboxylic acids is 1. The number of hydrogen-bond acceptors (Lipinski definition) is 6. The zero-order chi connectivity index (χ0) is 24.0. The highest BCUT2D eigenvalue weighted by molar-refractivity contribution is 8.00. The Kier molecular flexibility index (Phi) is 19.8. The first kappa shape index (κ1) is 30.2. The van der Waals surface area contributed by atoms with Gasteiger partial charge in [-0.1, -0.05) is 74.8 Å². The highest BCUT2D eigenvalue weighted by Gasteiger charge is 2.20. The monoisotopic (exact) mass is 471 g/mol. The van der Waals surface area contributed by atoms with Gasteiger partial charge in [-0.25, -0.2) is 0 Å². The number of unbranched alkanes of at least 4 members (excludes halogenated alkanes) is 4. The lowest BCUT2D eigenvalue weighted by Crippen LogP contribution is -2.34. The van der Waals surface area contributed by atoms with Crippen molar-refractivity contribution in [3.63, 3.8) is 0 Å². The van der Waals surface area contributed by atoms with Crippen molar-refractivity contribution in [3.05, 3.63) is 48.6 Å². The summed E-state index contributed by atoms with van der Waals surface area (Å²) in [6.45, 7) is 2.20. The van der Waals surface area contributed by atoms with Crippen LogP contribution in [0.2, 0.25) is 0 Å². The third kappa shape index (κ3) is 17.8. The van der Waals surface area contributed by atoms with Crippen molar-refractivity contribution in [2.75, 3.05) is 12.9 Å². The minimum Gasteiger partial charge on any atom is -0.480 e. The number of nitrogens with two attached hydrogens (primary N) is 1. The van der Waals surface area contributed by atoms with Gasteiger partial charge >= 0.3 is 11.9 Å². The first-order valence-electron chi connectivity index (χ1n) is 11.4. The zero-order valence-electron chi connectivity index (χ0n) is 19.5. The van der Waals surface area contributed by atoms with Crippen molar-refractivity contribution in [2.24, 2.45) is 5.73 Å². The lowest BCUT2D eigenvalue weighted by atomic mass is 10.1. The molecule has 0 bridgehead atoms. The van der Waals surface area contributed by atoms with Gasteiger partial charge in [0.25, 0.3) is 0 Å². The molecule has 0 radical (unpaired) electrons.